The van der Waals surface area contributed by atoms with Crippen LogP contribution in [0.4, 0.5) is 0 Å². The van der Waals surface area contributed by atoms with Crippen LogP contribution in [-0.2, 0) is 10.3 Å². The third-order valence-corrected chi connectivity index (χ3v) is 6.33. The highest BCUT2D eigenvalue weighted by atomic mass is 35.5. The molecule has 32 heavy (non-hydrogen) atoms. The number of benzene rings is 2. The van der Waals surface area contributed by atoms with Crippen molar-refractivity contribution >= 4 is 0 Å². The van der Waals surface area contributed by atoms with E-state index in [1.165, 1.54) is 24.0 Å². The van der Waals surface area contributed by atoms with E-state index < -0.39 is 0 Å². The predicted octanol–water partition coefficient (Wildman–Crippen LogP) is 3.46. The van der Waals surface area contributed by atoms with Crippen LogP contribution < -0.4 is 17.1 Å². The predicted molar refractivity (Wildman–Crippen MR) is 131 cm³/mol. The Morgan fingerprint density at radius 1 is 0.781 bits per heavy atom. The van der Waals surface area contributed by atoms with E-state index in [2.05, 4.69) is 73.0 Å². The number of ether oxygens (including phenoxy) is 2. The minimum atomic E-state index is 0. The second-order valence-corrected chi connectivity index (χ2v) is 10.2. The van der Waals surface area contributed by atoms with Gasteiger partial charge in [-0.2, -0.15) is 0 Å². The van der Waals surface area contributed by atoms with Crippen molar-refractivity contribution in [2.24, 2.45) is 11.8 Å². The van der Waals surface area contributed by atoms with Crippen LogP contribution in [0.1, 0.15) is 51.7 Å². The summed E-state index contributed by atoms with van der Waals surface area (Å²) in [6.07, 6.45) is 2.33. The highest BCUT2D eigenvalue weighted by Gasteiger charge is 2.48. The molecule has 0 aliphatic carbocycles. The van der Waals surface area contributed by atoms with Crippen molar-refractivity contribution in [3.05, 3.63) is 65.7 Å². The van der Waals surface area contributed by atoms with Crippen LogP contribution in [0.5, 0.6) is 5.75 Å². The Labute approximate surface area is 203 Å². The van der Waals surface area contributed by atoms with Crippen LogP contribution >= 0.6 is 0 Å². The van der Waals surface area contributed by atoms with Gasteiger partial charge in [-0.05, 0) is 36.5 Å². The monoisotopic (exact) mass is 461 g/mol. The number of para-hydroxylation sites is 1. The van der Waals surface area contributed by atoms with Crippen molar-refractivity contribution in [3.63, 3.8) is 0 Å². The molecule has 0 amide bonds. The summed E-state index contributed by atoms with van der Waals surface area (Å²) in [5.74, 6) is 2.14. The fourth-order valence-corrected chi connectivity index (χ4v) is 4.91. The summed E-state index contributed by atoms with van der Waals surface area (Å²) in [5.41, 5.74) is 2.96. The van der Waals surface area contributed by atoms with Gasteiger partial charge in [0, 0.05) is 18.4 Å². The van der Waals surface area contributed by atoms with Gasteiger partial charge in [-0.15, -0.1) is 0 Å². The van der Waals surface area contributed by atoms with Gasteiger partial charge in [0.15, 0.2) is 0 Å². The molecule has 0 heterocycles. The summed E-state index contributed by atoms with van der Waals surface area (Å²) >= 11 is 0. The Kier molecular flexibility index (Phi) is 11.8. The van der Waals surface area contributed by atoms with Gasteiger partial charge in [-0.1, -0.05) is 70.2 Å². The van der Waals surface area contributed by atoms with E-state index in [9.17, 15) is 0 Å². The summed E-state index contributed by atoms with van der Waals surface area (Å²) in [6.45, 7) is 14.6. The molecule has 0 fully saturated rings. The fourth-order valence-electron chi connectivity index (χ4n) is 4.91. The molecule has 2 aromatic rings. The summed E-state index contributed by atoms with van der Waals surface area (Å²) in [5, 5.41) is 0. The SMILES string of the molecule is Cc1ccccc1C(CC(C)C)(CC(C)C)[N+](C)(C)CCOCCOc1ccccc1.[Cl-]. The number of hydrogen-bond donors (Lipinski definition) is 0. The topological polar surface area (TPSA) is 18.5 Å². The molecule has 2 aromatic carbocycles. The van der Waals surface area contributed by atoms with Gasteiger partial charge in [0.1, 0.15) is 24.4 Å². The molecule has 0 spiro atoms. The molecule has 0 atom stereocenters. The number of likely N-dealkylation sites (N-methyl/N-ethyl adjacent to an activating group) is 1. The molecule has 0 radical (unpaired) electrons. The summed E-state index contributed by atoms with van der Waals surface area (Å²) < 4.78 is 12.7. The molecular weight excluding hydrogens is 418 g/mol. The molecule has 0 saturated heterocycles. The van der Waals surface area contributed by atoms with Crippen molar-refractivity contribution in [2.75, 3.05) is 40.5 Å². The zero-order chi connectivity index (χ0) is 22.9. The van der Waals surface area contributed by atoms with Gasteiger partial charge in [-0.25, -0.2) is 0 Å². The van der Waals surface area contributed by atoms with E-state index in [4.69, 9.17) is 9.47 Å². The first-order chi connectivity index (χ1) is 14.7. The van der Waals surface area contributed by atoms with Crippen molar-refractivity contribution in [1.29, 1.82) is 0 Å². The van der Waals surface area contributed by atoms with Gasteiger partial charge in [0.25, 0.3) is 0 Å². The normalized spacial score (nSPS) is 12.2. The number of nitrogens with zero attached hydrogens (tertiary/aromatic N) is 1. The quantitative estimate of drug-likeness (QED) is 0.336. The molecule has 0 unspecified atom stereocenters. The van der Waals surface area contributed by atoms with Gasteiger partial charge in [-0.3, -0.25) is 0 Å². The first-order valence-electron chi connectivity index (χ1n) is 11.8. The van der Waals surface area contributed by atoms with E-state index in [-0.39, 0.29) is 17.9 Å². The van der Waals surface area contributed by atoms with Gasteiger partial charge >= 0.3 is 0 Å². The third-order valence-electron chi connectivity index (χ3n) is 6.33. The zero-order valence-corrected chi connectivity index (χ0v) is 22.0. The highest BCUT2D eigenvalue weighted by Crippen LogP contribution is 2.44. The number of halogens is 1. The van der Waals surface area contributed by atoms with E-state index in [1.54, 1.807) is 0 Å². The van der Waals surface area contributed by atoms with E-state index >= 15 is 0 Å². The molecule has 4 heteroatoms. The largest absolute Gasteiger partial charge is 1.00 e. The van der Waals surface area contributed by atoms with Crippen LogP contribution in [0, 0.1) is 18.8 Å². The lowest BCUT2D eigenvalue weighted by Gasteiger charge is -2.51. The number of aryl methyl sites for hydroxylation is 1. The molecule has 0 aromatic heterocycles. The molecule has 0 bridgehead atoms. The first kappa shape index (κ1) is 28.5. The fraction of sp³-hybridized carbons (Fsp3) is 0.571. The lowest BCUT2D eigenvalue weighted by Crippen LogP contribution is -3.00. The molecule has 0 aliphatic heterocycles. The van der Waals surface area contributed by atoms with Crippen molar-refractivity contribution in [3.8, 4) is 5.75 Å². The Morgan fingerprint density at radius 2 is 1.34 bits per heavy atom. The van der Waals surface area contributed by atoms with Gasteiger partial charge in [0.2, 0.25) is 0 Å². The summed E-state index contributed by atoms with van der Waals surface area (Å²) in [6, 6.07) is 18.9. The number of hydrogen-bond acceptors (Lipinski definition) is 2. The highest BCUT2D eigenvalue weighted by molar-refractivity contribution is 5.32. The van der Waals surface area contributed by atoms with Crippen molar-refractivity contribution < 1.29 is 26.4 Å². The van der Waals surface area contributed by atoms with Crippen LogP contribution in [0.2, 0.25) is 0 Å². The van der Waals surface area contributed by atoms with E-state index in [0.29, 0.717) is 25.0 Å². The minimum absolute atomic E-state index is 0. The minimum Gasteiger partial charge on any atom is -1.00 e. The Hall–Kier alpha value is -1.55. The van der Waals surface area contributed by atoms with Crippen molar-refractivity contribution in [2.45, 2.75) is 53.0 Å². The maximum Gasteiger partial charge on any atom is 0.125 e. The Morgan fingerprint density at radius 3 is 1.91 bits per heavy atom. The summed E-state index contributed by atoms with van der Waals surface area (Å²) in [7, 11) is 4.78. The number of rotatable bonds is 13. The Bertz CT molecular complexity index is 764. The molecule has 2 rings (SSSR count). The second kappa shape index (κ2) is 13.2. The molecule has 0 aliphatic rings. The second-order valence-electron chi connectivity index (χ2n) is 10.2. The van der Waals surface area contributed by atoms with E-state index in [0.717, 1.165) is 23.4 Å². The van der Waals surface area contributed by atoms with E-state index in [1.807, 2.05) is 30.3 Å². The molecule has 180 valence electrons. The van der Waals surface area contributed by atoms with Crippen LogP contribution in [-0.4, -0.2) is 44.9 Å². The van der Waals surface area contributed by atoms with Crippen molar-refractivity contribution in [1.82, 2.24) is 0 Å². The van der Waals surface area contributed by atoms with Gasteiger partial charge < -0.3 is 26.4 Å². The molecule has 0 N–H and O–H groups in total. The molecular formula is C28H44ClNO2. The molecule has 0 saturated carbocycles. The third kappa shape index (κ3) is 7.79. The maximum absolute atomic E-state index is 6.02. The average Bonchev–Trinajstić information content (AvgIpc) is 2.70. The lowest BCUT2D eigenvalue weighted by atomic mass is 9.72. The van der Waals surface area contributed by atoms with Crippen LogP contribution in [0.3, 0.4) is 0 Å². The van der Waals surface area contributed by atoms with Crippen LogP contribution in [0.15, 0.2) is 54.6 Å². The first-order valence-corrected chi connectivity index (χ1v) is 11.8. The lowest BCUT2D eigenvalue weighted by molar-refractivity contribution is -0.952. The van der Waals surface area contributed by atoms with Crippen LogP contribution in [0.25, 0.3) is 0 Å². The molecule has 3 nitrogen and oxygen atoms in total. The maximum atomic E-state index is 6.02. The number of quaternary nitrogens is 1. The van der Waals surface area contributed by atoms with Gasteiger partial charge in [0.05, 0.1) is 27.3 Å². The average molecular weight is 462 g/mol. The zero-order valence-electron chi connectivity index (χ0n) is 21.2. The Balaban J connectivity index is 0.00000512. The standard InChI is InChI=1S/C28H44NO2.ClH/c1-23(2)21-28(22-24(3)4,27-16-12-11-13-25(27)5)29(6,7)17-18-30-19-20-31-26-14-9-8-10-15-26;/h8-16,23-24H,17-22H2,1-7H3;1H/q+1;/p-1. The smallest absolute Gasteiger partial charge is 0.125 e. The summed E-state index contributed by atoms with van der Waals surface area (Å²) in [4.78, 5) is 0.